The average molecular weight is 202 g/mol. The van der Waals surface area contributed by atoms with Crippen LogP contribution in [0.3, 0.4) is 0 Å². The summed E-state index contributed by atoms with van der Waals surface area (Å²) in [5.41, 5.74) is 2.36. The first-order valence-electron chi connectivity index (χ1n) is 5.59. The Morgan fingerprint density at radius 3 is 2.47 bits per heavy atom. The number of aliphatic carboxylic acids is 1. The minimum Gasteiger partial charge on any atom is -0.481 e. The Morgan fingerprint density at radius 1 is 1.20 bits per heavy atom. The van der Waals surface area contributed by atoms with Gasteiger partial charge in [-0.15, -0.1) is 0 Å². The summed E-state index contributed by atoms with van der Waals surface area (Å²) >= 11 is 0. The van der Waals surface area contributed by atoms with E-state index in [1.54, 1.807) is 0 Å². The Labute approximate surface area is 88.9 Å². The summed E-state index contributed by atoms with van der Waals surface area (Å²) in [6, 6.07) is 8.07. The molecule has 3 rings (SSSR count). The van der Waals surface area contributed by atoms with Gasteiger partial charge in [0.25, 0.3) is 0 Å². The first-order chi connectivity index (χ1) is 7.27. The van der Waals surface area contributed by atoms with Crippen LogP contribution >= 0.6 is 0 Å². The number of benzene rings is 1. The van der Waals surface area contributed by atoms with Gasteiger partial charge in [-0.1, -0.05) is 24.3 Å². The molecule has 0 saturated heterocycles. The zero-order chi connectivity index (χ0) is 10.4. The molecule has 2 aliphatic carbocycles. The smallest absolute Gasteiger partial charge is 0.311 e. The number of rotatable bonds is 2. The van der Waals surface area contributed by atoms with Crippen molar-refractivity contribution in [3.8, 4) is 0 Å². The van der Waals surface area contributed by atoms with E-state index in [1.165, 1.54) is 18.4 Å². The topological polar surface area (TPSA) is 37.3 Å². The molecule has 1 saturated carbocycles. The third-order valence-corrected chi connectivity index (χ3v) is 3.75. The lowest BCUT2D eigenvalue weighted by Gasteiger charge is -2.08. The Balaban J connectivity index is 2.02. The van der Waals surface area contributed by atoms with Crippen LogP contribution < -0.4 is 0 Å². The fourth-order valence-corrected chi connectivity index (χ4v) is 2.85. The SMILES string of the molecule is O=C(O)C1CC(C2CC2)c2ccccc21. The second kappa shape index (κ2) is 3.09. The normalized spacial score (nSPS) is 28.8. The lowest BCUT2D eigenvalue weighted by molar-refractivity contribution is -0.138. The Hall–Kier alpha value is -1.31. The molecule has 0 aromatic heterocycles. The molecule has 15 heavy (non-hydrogen) atoms. The maximum Gasteiger partial charge on any atom is 0.311 e. The molecule has 0 aliphatic heterocycles. The summed E-state index contributed by atoms with van der Waals surface area (Å²) in [6.07, 6.45) is 3.38. The number of carboxylic acids is 1. The van der Waals surface area contributed by atoms with E-state index in [9.17, 15) is 9.90 Å². The van der Waals surface area contributed by atoms with Crippen LogP contribution in [0, 0.1) is 5.92 Å². The van der Waals surface area contributed by atoms with Crippen LogP contribution in [-0.4, -0.2) is 11.1 Å². The zero-order valence-electron chi connectivity index (χ0n) is 8.52. The van der Waals surface area contributed by atoms with Crippen molar-refractivity contribution in [1.82, 2.24) is 0 Å². The van der Waals surface area contributed by atoms with Gasteiger partial charge in [0.2, 0.25) is 0 Å². The van der Waals surface area contributed by atoms with Crippen molar-refractivity contribution in [2.75, 3.05) is 0 Å². The van der Waals surface area contributed by atoms with Gasteiger partial charge >= 0.3 is 5.97 Å². The van der Waals surface area contributed by atoms with Crippen LogP contribution in [-0.2, 0) is 4.79 Å². The molecule has 2 atom stereocenters. The van der Waals surface area contributed by atoms with Gasteiger partial charge in [0.05, 0.1) is 5.92 Å². The Bertz CT molecular complexity index is 407. The number of hydrogen-bond donors (Lipinski definition) is 1. The highest BCUT2D eigenvalue weighted by molar-refractivity contribution is 5.78. The van der Waals surface area contributed by atoms with Gasteiger partial charge in [0.1, 0.15) is 0 Å². The fourth-order valence-electron chi connectivity index (χ4n) is 2.85. The van der Waals surface area contributed by atoms with Crippen LogP contribution in [0.2, 0.25) is 0 Å². The lowest BCUT2D eigenvalue weighted by atomic mass is 9.96. The molecule has 2 nitrogen and oxygen atoms in total. The number of fused-ring (bicyclic) bond motifs is 1. The molecule has 2 aliphatic rings. The van der Waals surface area contributed by atoms with Crippen molar-refractivity contribution >= 4 is 5.97 Å². The molecule has 0 radical (unpaired) electrons. The number of carboxylic acid groups (broad SMARTS) is 1. The maximum absolute atomic E-state index is 11.2. The summed E-state index contributed by atoms with van der Waals surface area (Å²) in [4.78, 5) is 11.2. The highest BCUT2D eigenvalue weighted by atomic mass is 16.4. The van der Waals surface area contributed by atoms with Crippen LogP contribution in [0.4, 0.5) is 0 Å². The first-order valence-corrected chi connectivity index (χ1v) is 5.59. The molecule has 0 spiro atoms. The molecule has 1 aromatic rings. The third-order valence-electron chi connectivity index (χ3n) is 3.75. The van der Waals surface area contributed by atoms with Crippen molar-refractivity contribution < 1.29 is 9.90 Å². The molecule has 0 amide bonds. The molecule has 2 unspecified atom stereocenters. The third kappa shape index (κ3) is 1.36. The zero-order valence-corrected chi connectivity index (χ0v) is 8.52. The molecular weight excluding hydrogens is 188 g/mol. The highest BCUT2D eigenvalue weighted by Crippen LogP contribution is 2.53. The summed E-state index contributed by atoms with van der Waals surface area (Å²) < 4.78 is 0. The molecule has 0 bridgehead atoms. The second-order valence-electron chi connectivity index (χ2n) is 4.70. The van der Waals surface area contributed by atoms with Crippen molar-refractivity contribution in [2.45, 2.75) is 31.1 Å². The monoisotopic (exact) mass is 202 g/mol. The van der Waals surface area contributed by atoms with Gasteiger partial charge in [-0.3, -0.25) is 4.79 Å². The van der Waals surface area contributed by atoms with Gasteiger partial charge < -0.3 is 5.11 Å². The van der Waals surface area contributed by atoms with Crippen LogP contribution in [0.25, 0.3) is 0 Å². The predicted octanol–water partition coefficient (Wildman–Crippen LogP) is 2.75. The summed E-state index contributed by atoms with van der Waals surface area (Å²) in [7, 11) is 0. The Morgan fingerprint density at radius 2 is 1.87 bits per heavy atom. The predicted molar refractivity (Wildman–Crippen MR) is 56.9 cm³/mol. The van der Waals surface area contributed by atoms with Crippen LogP contribution in [0.1, 0.15) is 42.2 Å². The van der Waals surface area contributed by atoms with E-state index >= 15 is 0 Å². The van der Waals surface area contributed by atoms with Crippen molar-refractivity contribution in [2.24, 2.45) is 5.92 Å². The van der Waals surface area contributed by atoms with Gasteiger partial charge in [0.15, 0.2) is 0 Å². The molecule has 1 N–H and O–H groups in total. The highest BCUT2D eigenvalue weighted by Gasteiger charge is 2.42. The van der Waals surface area contributed by atoms with Gasteiger partial charge in [0, 0.05) is 0 Å². The van der Waals surface area contributed by atoms with E-state index in [-0.39, 0.29) is 5.92 Å². The largest absolute Gasteiger partial charge is 0.481 e. The van der Waals surface area contributed by atoms with E-state index in [1.807, 2.05) is 18.2 Å². The summed E-state index contributed by atoms with van der Waals surface area (Å²) in [5.74, 6) is 0.357. The molecule has 2 heteroatoms. The van der Waals surface area contributed by atoms with Crippen molar-refractivity contribution in [3.63, 3.8) is 0 Å². The molecule has 1 aromatic carbocycles. The Kier molecular flexibility index (Phi) is 1.84. The van der Waals surface area contributed by atoms with E-state index in [2.05, 4.69) is 6.07 Å². The summed E-state index contributed by atoms with van der Waals surface area (Å²) in [5, 5.41) is 9.18. The number of hydrogen-bond acceptors (Lipinski definition) is 1. The minimum absolute atomic E-state index is 0.258. The number of carbonyl (C=O) groups is 1. The van der Waals surface area contributed by atoms with Gasteiger partial charge in [-0.05, 0) is 42.2 Å². The molecule has 78 valence electrons. The molecule has 0 heterocycles. The average Bonchev–Trinajstić information content (AvgIpc) is 2.99. The van der Waals surface area contributed by atoms with Gasteiger partial charge in [-0.25, -0.2) is 0 Å². The second-order valence-corrected chi connectivity index (χ2v) is 4.70. The van der Waals surface area contributed by atoms with E-state index in [4.69, 9.17) is 0 Å². The fraction of sp³-hybridized carbons (Fsp3) is 0.462. The van der Waals surface area contributed by atoms with E-state index in [0.717, 1.165) is 17.9 Å². The van der Waals surface area contributed by atoms with Crippen LogP contribution in [0.5, 0.6) is 0 Å². The molecular formula is C13H14O2. The summed E-state index contributed by atoms with van der Waals surface area (Å²) in [6.45, 7) is 0. The quantitative estimate of drug-likeness (QED) is 0.800. The molecule has 1 fully saturated rings. The van der Waals surface area contributed by atoms with Crippen molar-refractivity contribution in [1.29, 1.82) is 0 Å². The van der Waals surface area contributed by atoms with Crippen molar-refractivity contribution in [3.05, 3.63) is 35.4 Å². The van der Waals surface area contributed by atoms with Gasteiger partial charge in [-0.2, -0.15) is 0 Å². The minimum atomic E-state index is -0.661. The van der Waals surface area contributed by atoms with Crippen LogP contribution in [0.15, 0.2) is 24.3 Å². The standard InChI is InChI=1S/C13H14O2/c14-13(15)12-7-11(8-5-6-8)9-3-1-2-4-10(9)12/h1-4,8,11-12H,5-7H2,(H,14,15). The lowest BCUT2D eigenvalue weighted by Crippen LogP contribution is -2.08. The maximum atomic E-state index is 11.2. The first kappa shape index (κ1) is 8.96. The van der Waals surface area contributed by atoms with E-state index < -0.39 is 5.97 Å². The van der Waals surface area contributed by atoms with E-state index in [0.29, 0.717) is 5.92 Å².